The van der Waals surface area contributed by atoms with Gasteiger partial charge >= 0.3 is 5.97 Å². The van der Waals surface area contributed by atoms with Gasteiger partial charge < -0.3 is 27.8 Å². The van der Waals surface area contributed by atoms with Crippen LogP contribution in [-0.2, 0) is 47.5 Å². The fourth-order valence-electron chi connectivity index (χ4n) is 6.62. The van der Waals surface area contributed by atoms with E-state index >= 15 is 0 Å². The van der Waals surface area contributed by atoms with Crippen molar-refractivity contribution in [2.75, 3.05) is 13.2 Å². The van der Waals surface area contributed by atoms with Gasteiger partial charge in [-0.1, -0.05) is 112 Å². The number of esters is 1. The second-order valence-electron chi connectivity index (χ2n) is 19.1. The minimum atomic E-state index is -2.41. The number of ketones is 1. The van der Waals surface area contributed by atoms with Crippen LogP contribution in [0.2, 0.25) is 36.3 Å². The second-order valence-corrected chi connectivity index (χ2v) is 28.7. The molecule has 1 unspecified atom stereocenters. The first-order valence-corrected chi connectivity index (χ1v) is 27.0. The fraction of sp³-hybridized carbons (Fsp3) is 0.696. The molecule has 0 aliphatic carbocycles. The molecule has 8 nitrogen and oxygen atoms in total. The highest BCUT2D eigenvalue weighted by Crippen LogP contribution is 2.49. The van der Waals surface area contributed by atoms with Crippen molar-refractivity contribution in [3.63, 3.8) is 0 Å². The Labute approximate surface area is 342 Å². The van der Waals surface area contributed by atoms with Crippen LogP contribution in [0.1, 0.15) is 125 Å². The predicted molar refractivity (Wildman–Crippen MR) is 232 cm³/mol. The highest BCUT2D eigenvalue weighted by Gasteiger charge is 2.69. The molecule has 1 aliphatic heterocycles. The van der Waals surface area contributed by atoms with Gasteiger partial charge in [0, 0.05) is 12.3 Å². The number of rotatable bonds is 23. The average molecular weight is 813 g/mol. The second kappa shape index (κ2) is 20.0. The minimum absolute atomic E-state index is 0.0308. The molecule has 1 aliphatic rings. The topological polar surface area (TPSA) is 92.8 Å². The Morgan fingerprint density at radius 3 is 2.02 bits per heavy atom. The maximum Gasteiger partial charge on any atom is 0.343 e. The lowest BCUT2D eigenvalue weighted by Crippen LogP contribution is -2.52. The Morgan fingerprint density at radius 1 is 0.839 bits per heavy atom. The van der Waals surface area contributed by atoms with Gasteiger partial charge in [-0.15, -0.1) is 0 Å². The first-order valence-electron chi connectivity index (χ1n) is 21.2. The predicted octanol–water partition coefficient (Wildman–Crippen LogP) is 11.6. The van der Waals surface area contributed by atoms with Crippen molar-refractivity contribution in [3.05, 3.63) is 59.2 Å². The maximum absolute atomic E-state index is 14.4. The summed E-state index contributed by atoms with van der Waals surface area (Å²) in [5, 5.41) is -0.0964. The quantitative estimate of drug-likeness (QED) is 0.0622. The van der Waals surface area contributed by atoms with Crippen molar-refractivity contribution in [2.24, 2.45) is 11.8 Å². The van der Waals surface area contributed by atoms with Crippen molar-refractivity contribution < 1.29 is 37.4 Å². The first-order chi connectivity index (χ1) is 26.0. The molecule has 0 spiro atoms. The van der Waals surface area contributed by atoms with Crippen LogP contribution in [0, 0.1) is 11.8 Å². The van der Waals surface area contributed by atoms with E-state index in [1.54, 1.807) is 6.92 Å². The molecule has 3 rings (SSSR count). The highest BCUT2D eigenvalue weighted by atomic mass is 28.4. The molecule has 1 heterocycles. The zero-order valence-corrected chi connectivity index (χ0v) is 39.7. The number of Topliss-reactive ketones (excluding diaryl/α,β-unsaturated/α-hetero) is 1. The molecule has 1 saturated heterocycles. The van der Waals surface area contributed by atoms with E-state index in [9.17, 15) is 9.59 Å². The summed E-state index contributed by atoms with van der Waals surface area (Å²) in [6.07, 6.45) is 2.58. The van der Waals surface area contributed by atoms with E-state index in [4.69, 9.17) is 27.8 Å². The van der Waals surface area contributed by atoms with Crippen LogP contribution in [0.15, 0.2) is 42.5 Å². The third-order valence-corrected chi connectivity index (χ3v) is 21.1. The van der Waals surface area contributed by atoms with E-state index in [-0.39, 0.29) is 40.9 Å². The first kappa shape index (κ1) is 47.9. The van der Waals surface area contributed by atoms with Gasteiger partial charge in [-0.3, -0.25) is 4.79 Å². The Balaban J connectivity index is 1.95. The molecule has 4 atom stereocenters. The zero-order chi connectivity index (χ0) is 42.1. The van der Waals surface area contributed by atoms with Crippen LogP contribution in [0.25, 0.3) is 0 Å². The van der Waals surface area contributed by atoms with Crippen LogP contribution >= 0.6 is 0 Å². The van der Waals surface area contributed by atoms with E-state index in [1.807, 2.05) is 25.1 Å². The number of hydrogen-bond donors (Lipinski definition) is 0. The van der Waals surface area contributed by atoms with E-state index < -0.39 is 34.3 Å². The Bertz CT molecular complexity index is 1560. The van der Waals surface area contributed by atoms with E-state index in [1.165, 1.54) is 0 Å². The van der Waals surface area contributed by atoms with Gasteiger partial charge in [0.15, 0.2) is 16.6 Å². The Morgan fingerprint density at radius 2 is 1.48 bits per heavy atom. The number of ether oxygens (including phenoxy) is 4. The number of benzene rings is 2. The third kappa shape index (κ3) is 12.3. The summed E-state index contributed by atoms with van der Waals surface area (Å²) in [5.74, 6) is 1.33. The molecule has 0 N–H and O–H groups in total. The summed E-state index contributed by atoms with van der Waals surface area (Å²) in [6, 6.07) is 14.4. The largest absolute Gasteiger partial charge is 0.493 e. The SMILES string of the molecule is CCC[C@@H](CCOc1ccc(CC(C)C)c(OCc2ccccc2)c1CO[Si](C)(C)C(C)(C)C)C(=O)C[C@H](O[Si](C)(C)C(C)(C)C)C1(C(=O)OCC)O[C@@H]1CC. The standard InChI is InChI=1S/C46H76O8Si2/c1-16-22-35(38(47)30-41(54-56(14,15)45(9,10)11)46(40(17-2)53-46)43(48)49-18-3)27-28-50-39-26-25-36(29-33(4)5)42(51-31-34-23-20-19-21-24-34)37(39)32-52-55(12,13)44(6,7)8/h19-21,23-26,33,35,40-41H,16-18,22,27-32H2,1-15H3/t35-,40+,41-,46?/m0/s1. The average Bonchev–Trinajstić information content (AvgIpc) is 3.85. The number of carbonyl (C=O) groups is 2. The van der Waals surface area contributed by atoms with E-state index in [0.29, 0.717) is 45.0 Å². The fourth-order valence-corrected chi connectivity index (χ4v) is 8.89. The summed E-state index contributed by atoms with van der Waals surface area (Å²) in [4.78, 5) is 28.0. The molecular formula is C46H76O8Si2. The molecule has 1 fully saturated rings. The number of carbonyl (C=O) groups excluding carboxylic acids is 2. The zero-order valence-electron chi connectivity index (χ0n) is 37.7. The van der Waals surface area contributed by atoms with Crippen LogP contribution in [0.3, 0.4) is 0 Å². The molecule has 56 heavy (non-hydrogen) atoms. The van der Waals surface area contributed by atoms with Crippen LogP contribution in [-0.4, -0.2) is 59.4 Å². The van der Waals surface area contributed by atoms with Crippen LogP contribution < -0.4 is 9.47 Å². The third-order valence-electron chi connectivity index (χ3n) is 12.2. The van der Waals surface area contributed by atoms with E-state index in [2.05, 4.69) is 113 Å². The van der Waals surface area contributed by atoms with Gasteiger partial charge in [0.25, 0.3) is 0 Å². The maximum atomic E-state index is 14.4. The normalized spacial score (nSPS) is 18.8. The van der Waals surface area contributed by atoms with Crippen LogP contribution in [0.5, 0.6) is 11.5 Å². The lowest BCUT2D eigenvalue weighted by atomic mass is 9.87. The molecule has 2 aromatic rings. The van der Waals surface area contributed by atoms with Crippen molar-refractivity contribution in [2.45, 2.75) is 182 Å². The Kier molecular flexibility index (Phi) is 17.1. The van der Waals surface area contributed by atoms with Crippen molar-refractivity contribution >= 4 is 28.4 Å². The Hall–Kier alpha value is -2.51. The van der Waals surface area contributed by atoms with Gasteiger partial charge in [0.1, 0.15) is 30.0 Å². The van der Waals surface area contributed by atoms with Crippen molar-refractivity contribution in [1.29, 1.82) is 0 Å². The molecule has 0 aromatic heterocycles. The lowest BCUT2D eigenvalue weighted by Gasteiger charge is -2.40. The van der Waals surface area contributed by atoms with Crippen molar-refractivity contribution in [3.8, 4) is 11.5 Å². The molecule has 2 aromatic carbocycles. The molecule has 316 valence electrons. The summed E-state index contributed by atoms with van der Waals surface area (Å²) in [5.41, 5.74) is 1.87. The van der Waals surface area contributed by atoms with Crippen LogP contribution in [0.4, 0.5) is 0 Å². The highest BCUT2D eigenvalue weighted by molar-refractivity contribution is 6.74. The summed E-state index contributed by atoms with van der Waals surface area (Å²) in [7, 11) is -4.54. The minimum Gasteiger partial charge on any atom is -0.493 e. The summed E-state index contributed by atoms with van der Waals surface area (Å²) in [6.45, 7) is 33.8. The van der Waals surface area contributed by atoms with Gasteiger partial charge in [0.05, 0.1) is 31.5 Å². The monoisotopic (exact) mass is 813 g/mol. The summed E-state index contributed by atoms with van der Waals surface area (Å²) >= 11 is 0. The van der Waals surface area contributed by atoms with Gasteiger partial charge in [-0.2, -0.15) is 0 Å². The molecule has 10 heteroatoms. The molecule has 0 radical (unpaired) electrons. The van der Waals surface area contributed by atoms with Gasteiger partial charge in [0.2, 0.25) is 5.60 Å². The van der Waals surface area contributed by atoms with Gasteiger partial charge in [-0.25, -0.2) is 4.79 Å². The lowest BCUT2D eigenvalue weighted by molar-refractivity contribution is -0.154. The van der Waals surface area contributed by atoms with Crippen molar-refractivity contribution in [1.82, 2.24) is 0 Å². The van der Waals surface area contributed by atoms with E-state index in [0.717, 1.165) is 41.0 Å². The molecule has 0 bridgehead atoms. The molecule has 0 amide bonds. The van der Waals surface area contributed by atoms with Gasteiger partial charge in [-0.05, 0) is 92.0 Å². The number of hydrogen-bond acceptors (Lipinski definition) is 8. The molecular weight excluding hydrogens is 737 g/mol. The number of epoxide rings is 1. The molecule has 0 saturated carbocycles. The summed E-state index contributed by atoms with van der Waals surface area (Å²) < 4.78 is 38.9. The smallest absolute Gasteiger partial charge is 0.343 e.